The highest BCUT2D eigenvalue weighted by Crippen LogP contribution is 2.34. The highest BCUT2D eigenvalue weighted by molar-refractivity contribution is 5.78. The van der Waals surface area contributed by atoms with Gasteiger partial charge < -0.3 is 5.32 Å². The number of pyridine rings is 1. The lowest BCUT2D eigenvalue weighted by Crippen LogP contribution is -2.31. The van der Waals surface area contributed by atoms with Gasteiger partial charge in [-0.25, -0.2) is 0 Å². The molecule has 100 valence electrons. The molecule has 1 aromatic heterocycles. The molecule has 1 N–H and O–H groups in total. The molecule has 1 fully saturated rings. The van der Waals surface area contributed by atoms with Crippen LogP contribution in [0, 0.1) is 5.92 Å². The predicted molar refractivity (Wildman–Crippen MR) is 80.3 cm³/mol. The molecule has 3 rings (SSSR count). The molecule has 2 heteroatoms. The largest absolute Gasteiger partial charge is 0.314 e. The van der Waals surface area contributed by atoms with Crippen molar-refractivity contribution < 1.29 is 0 Å². The van der Waals surface area contributed by atoms with Crippen molar-refractivity contribution in [3.63, 3.8) is 0 Å². The van der Waals surface area contributed by atoms with E-state index in [9.17, 15) is 0 Å². The number of aromatic nitrogens is 1. The molecule has 1 unspecified atom stereocenters. The summed E-state index contributed by atoms with van der Waals surface area (Å²) < 4.78 is 0. The fourth-order valence-electron chi connectivity index (χ4n) is 2.76. The molecule has 0 amide bonds. The van der Waals surface area contributed by atoms with Crippen LogP contribution in [0.5, 0.6) is 0 Å². The monoisotopic (exact) mass is 254 g/mol. The molecule has 2 aromatic rings. The SMILES string of the molecule is CCNC(Cc1ccc2ccccc2n1)CC1CC1. The maximum atomic E-state index is 4.78. The Morgan fingerprint density at radius 2 is 2.05 bits per heavy atom. The lowest BCUT2D eigenvalue weighted by molar-refractivity contribution is 0.463. The second-order valence-corrected chi connectivity index (χ2v) is 5.63. The number of para-hydroxylation sites is 1. The Balaban J connectivity index is 1.74. The minimum absolute atomic E-state index is 0.589. The lowest BCUT2D eigenvalue weighted by atomic mass is 10.0. The molecule has 1 aliphatic rings. The van der Waals surface area contributed by atoms with Crippen LogP contribution in [-0.2, 0) is 6.42 Å². The Bertz CT molecular complexity index is 546. The van der Waals surface area contributed by atoms with Gasteiger partial charge in [-0.1, -0.05) is 44.0 Å². The number of fused-ring (bicyclic) bond motifs is 1. The van der Waals surface area contributed by atoms with Crippen LogP contribution in [0.1, 0.15) is 31.9 Å². The van der Waals surface area contributed by atoms with Crippen molar-refractivity contribution in [3.05, 3.63) is 42.1 Å². The average molecular weight is 254 g/mol. The molecule has 1 aromatic carbocycles. The second-order valence-electron chi connectivity index (χ2n) is 5.63. The fourth-order valence-corrected chi connectivity index (χ4v) is 2.76. The van der Waals surface area contributed by atoms with Crippen molar-refractivity contribution in [2.75, 3.05) is 6.54 Å². The number of nitrogens with one attached hydrogen (secondary N) is 1. The number of benzene rings is 1. The molecular weight excluding hydrogens is 232 g/mol. The van der Waals surface area contributed by atoms with E-state index in [-0.39, 0.29) is 0 Å². The Morgan fingerprint density at radius 3 is 2.84 bits per heavy atom. The molecule has 0 spiro atoms. The molecule has 0 saturated heterocycles. The zero-order valence-corrected chi connectivity index (χ0v) is 11.6. The van der Waals surface area contributed by atoms with E-state index in [0.29, 0.717) is 6.04 Å². The molecule has 2 nitrogen and oxygen atoms in total. The number of rotatable bonds is 6. The highest BCUT2D eigenvalue weighted by Gasteiger charge is 2.25. The van der Waals surface area contributed by atoms with Crippen molar-refractivity contribution in [1.29, 1.82) is 0 Å². The molecule has 0 bridgehead atoms. The number of hydrogen-bond acceptors (Lipinski definition) is 2. The van der Waals surface area contributed by atoms with Gasteiger partial charge in [0.2, 0.25) is 0 Å². The highest BCUT2D eigenvalue weighted by atomic mass is 14.9. The van der Waals surface area contributed by atoms with E-state index >= 15 is 0 Å². The molecule has 1 heterocycles. The summed E-state index contributed by atoms with van der Waals surface area (Å²) in [5.41, 5.74) is 2.33. The van der Waals surface area contributed by atoms with E-state index in [2.05, 4.69) is 48.6 Å². The van der Waals surface area contributed by atoms with Crippen molar-refractivity contribution in [1.82, 2.24) is 10.3 Å². The zero-order chi connectivity index (χ0) is 13.1. The first-order valence-corrected chi connectivity index (χ1v) is 7.43. The summed E-state index contributed by atoms with van der Waals surface area (Å²) in [6, 6.07) is 13.3. The Kier molecular flexibility index (Phi) is 3.79. The molecule has 1 aliphatic carbocycles. The quantitative estimate of drug-likeness (QED) is 0.852. The summed E-state index contributed by atoms with van der Waals surface area (Å²) in [6.45, 7) is 3.23. The summed E-state index contributed by atoms with van der Waals surface area (Å²) in [5.74, 6) is 0.963. The lowest BCUT2D eigenvalue weighted by Gasteiger charge is -2.17. The van der Waals surface area contributed by atoms with Crippen LogP contribution in [0.2, 0.25) is 0 Å². The first-order valence-electron chi connectivity index (χ1n) is 7.43. The van der Waals surface area contributed by atoms with Gasteiger partial charge in [-0.15, -0.1) is 0 Å². The Hall–Kier alpha value is -1.41. The van der Waals surface area contributed by atoms with Gasteiger partial charge in [0.1, 0.15) is 0 Å². The summed E-state index contributed by atoms with van der Waals surface area (Å²) in [5, 5.41) is 4.84. The van der Waals surface area contributed by atoms with E-state index in [1.807, 2.05) is 0 Å². The maximum absolute atomic E-state index is 4.78. The van der Waals surface area contributed by atoms with Crippen molar-refractivity contribution in [2.24, 2.45) is 5.92 Å². The van der Waals surface area contributed by atoms with E-state index in [1.54, 1.807) is 0 Å². The van der Waals surface area contributed by atoms with Gasteiger partial charge in [-0.05, 0) is 31.0 Å². The second kappa shape index (κ2) is 5.70. The van der Waals surface area contributed by atoms with Gasteiger partial charge in [0.25, 0.3) is 0 Å². The summed E-state index contributed by atoms with van der Waals surface area (Å²) in [7, 11) is 0. The zero-order valence-electron chi connectivity index (χ0n) is 11.6. The molecule has 1 atom stereocenters. The molecule has 0 radical (unpaired) electrons. The smallest absolute Gasteiger partial charge is 0.0705 e. The Labute approximate surface area is 115 Å². The van der Waals surface area contributed by atoms with Gasteiger partial charge in [0, 0.05) is 23.5 Å². The van der Waals surface area contributed by atoms with Gasteiger partial charge in [-0.2, -0.15) is 0 Å². The molecule has 19 heavy (non-hydrogen) atoms. The van der Waals surface area contributed by atoms with Crippen LogP contribution in [0.3, 0.4) is 0 Å². The topological polar surface area (TPSA) is 24.9 Å². The van der Waals surface area contributed by atoms with Crippen LogP contribution in [0.4, 0.5) is 0 Å². The van der Waals surface area contributed by atoms with Crippen molar-refractivity contribution in [3.8, 4) is 0 Å². The van der Waals surface area contributed by atoms with E-state index in [1.165, 1.54) is 30.3 Å². The standard InChI is InChI=1S/C17H22N2/c1-2-18-16(11-13-7-8-13)12-15-10-9-14-5-3-4-6-17(14)19-15/h3-6,9-10,13,16,18H,2,7-8,11-12H2,1H3. The van der Waals surface area contributed by atoms with Gasteiger partial charge in [-0.3, -0.25) is 4.98 Å². The van der Waals surface area contributed by atoms with Gasteiger partial charge in [0.05, 0.1) is 5.52 Å². The number of hydrogen-bond donors (Lipinski definition) is 1. The van der Waals surface area contributed by atoms with Gasteiger partial charge >= 0.3 is 0 Å². The van der Waals surface area contributed by atoms with Crippen molar-refractivity contribution in [2.45, 2.75) is 38.6 Å². The van der Waals surface area contributed by atoms with Crippen LogP contribution < -0.4 is 5.32 Å². The summed E-state index contributed by atoms with van der Waals surface area (Å²) >= 11 is 0. The van der Waals surface area contributed by atoms with Crippen LogP contribution in [-0.4, -0.2) is 17.6 Å². The van der Waals surface area contributed by atoms with Crippen molar-refractivity contribution >= 4 is 10.9 Å². The third-order valence-corrected chi connectivity index (χ3v) is 3.92. The number of nitrogens with zero attached hydrogens (tertiary/aromatic N) is 1. The van der Waals surface area contributed by atoms with Gasteiger partial charge in [0.15, 0.2) is 0 Å². The normalized spacial score (nSPS) is 16.7. The van der Waals surface area contributed by atoms with E-state index in [0.717, 1.165) is 24.4 Å². The third-order valence-electron chi connectivity index (χ3n) is 3.92. The van der Waals surface area contributed by atoms with E-state index < -0.39 is 0 Å². The summed E-state index contributed by atoms with van der Waals surface area (Å²) in [4.78, 5) is 4.78. The first kappa shape index (κ1) is 12.6. The average Bonchev–Trinajstić information content (AvgIpc) is 3.23. The van der Waals surface area contributed by atoms with Crippen LogP contribution >= 0.6 is 0 Å². The minimum Gasteiger partial charge on any atom is -0.314 e. The fraction of sp³-hybridized carbons (Fsp3) is 0.471. The van der Waals surface area contributed by atoms with Crippen LogP contribution in [0.15, 0.2) is 36.4 Å². The first-order chi connectivity index (χ1) is 9.35. The maximum Gasteiger partial charge on any atom is 0.0705 e. The molecular formula is C17H22N2. The molecule has 0 aliphatic heterocycles. The molecule has 1 saturated carbocycles. The summed E-state index contributed by atoms with van der Waals surface area (Å²) in [6.07, 6.45) is 5.21. The Morgan fingerprint density at radius 1 is 1.21 bits per heavy atom. The minimum atomic E-state index is 0.589. The third kappa shape index (κ3) is 3.32. The predicted octanol–water partition coefficient (Wildman–Crippen LogP) is 3.56. The van der Waals surface area contributed by atoms with E-state index in [4.69, 9.17) is 4.98 Å². The number of likely N-dealkylation sites (N-methyl/N-ethyl adjacent to an activating group) is 1. The van der Waals surface area contributed by atoms with Crippen LogP contribution in [0.25, 0.3) is 10.9 Å².